The first-order chi connectivity index (χ1) is 35.7. The number of rotatable bonds is 33. The number of hydrogen-bond donors (Lipinski definition) is 12. The molecule has 75 heavy (non-hydrogen) atoms. The fourth-order valence-electron chi connectivity index (χ4n) is 8.40. The van der Waals surface area contributed by atoms with E-state index >= 15 is 0 Å². The Kier molecular flexibility index (Phi) is 23.7. The summed E-state index contributed by atoms with van der Waals surface area (Å²) in [6.07, 6.45) is -0.431. The maximum atomic E-state index is 14.2. The summed E-state index contributed by atoms with van der Waals surface area (Å²) in [7, 11) is 0. The van der Waals surface area contributed by atoms with E-state index in [1.807, 2.05) is 0 Å². The van der Waals surface area contributed by atoms with Crippen LogP contribution in [-0.2, 0) is 83.3 Å². The second kappa shape index (κ2) is 29.8. The number of amides is 7. The van der Waals surface area contributed by atoms with Crippen molar-refractivity contribution < 1.29 is 78.0 Å². The van der Waals surface area contributed by atoms with E-state index in [1.165, 1.54) is 4.90 Å². The molecule has 0 unspecified atom stereocenters. The number of hydrogen-bond acceptors (Lipinski definition) is 15. The number of carbonyl (C=O) groups excluding carboxylic acids is 8. The normalized spacial score (nSPS) is 16.2. The van der Waals surface area contributed by atoms with Crippen molar-refractivity contribution in [2.75, 3.05) is 57.3 Å². The van der Waals surface area contributed by atoms with Gasteiger partial charge in [-0.3, -0.25) is 62.5 Å². The van der Waals surface area contributed by atoms with Crippen molar-refractivity contribution in [3.8, 4) is 0 Å². The van der Waals surface area contributed by atoms with E-state index in [2.05, 4.69) is 42.5 Å². The van der Waals surface area contributed by atoms with Gasteiger partial charge < -0.3 is 67.8 Å². The Balaban J connectivity index is 1.26. The van der Waals surface area contributed by atoms with Crippen molar-refractivity contribution >= 4 is 77.2 Å². The third-order valence-electron chi connectivity index (χ3n) is 12.5. The predicted octanol–water partition coefficient (Wildman–Crippen LogP) is -2.96. The highest BCUT2D eigenvalue weighted by Crippen LogP contribution is 2.39. The molecule has 2 aromatic carbocycles. The summed E-state index contributed by atoms with van der Waals surface area (Å²) < 4.78 is 0. The predicted molar refractivity (Wildman–Crippen MR) is 265 cm³/mol. The van der Waals surface area contributed by atoms with Gasteiger partial charge in [-0.25, -0.2) is 0 Å². The van der Waals surface area contributed by atoms with E-state index < -0.39 is 127 Å². The fraction of sp³-hybridized carbons (Fsp3) is 0.510. The summed E-state index contributed by atoms with van der Waals surface area (Å²) in [6, 6.07) is 6.00. The molecule has 26 heteroatoms. The maximum absolute atomic E-state index is 14.2. The van der Waals surface area contributed by atoms with Crippen molar-refractivity contribution in [1.29, 1.82) is 0 Å². The molecule has 2 aliphatic rings. The Bertz CT molecular complexity index is 2420. The van der Waals surface area contributed by atoms with Gasteiger partial charge in [0.25, 0.3) is 0 Å². The van der Waals surface area contributed by atoms with Crippen LogP contribution in [-0.4, -0.2) is 179 Å². The standard InChI is InChI=1S/C49H66N10O16/c1-3-28(2)44(48(74)56-35-12-11-31-5-4-6-32-20-36(59(45(31)32)49(35)75)47(73)54-33(27-60)21-41(66)67)57-39(63)24-52-38(62)23-53-46(72)34(13-14-40(64)65)55-37(61)19-29-7-9-30(10-8-29)22-50-15-17-58(26-43(70)71)18-16-51-25-42(68)69/h4-10,27-28,33-36,44,50-51H,3,11-26H2,1-2H3,(H,52,62)(H,53,72)(H,54,73)(H,55,61)(H,56,74)(H,57,63)(H,64,65)(H,66,67)(H,68,69)(H,70,71)/t28-,33-,34-,35-,36-,44-/m0/s1. The lowest BCUT2D eigenvalue weighted by Gasteiger charge is -2.30. The third-order valence-corrected chi connectivity index (χ3v) is 12.5. The first kappa shape index (κ1) is 59.7. The van der Waals surface area contributed by atoms with Gasteiger partial charge in [0.2, 0.25) is 41.4 Å². The van der Waals surface area contributed by atoms with Crippen molar-refractivity contribution in [2.24, 2.45) is 5.92 Å². The lowest BCUT2D eigenvalue weighted by atomic mass is 9.97. The second-order valence-corrected chi connectivity index (χ2v) is 18.2. The van der Waals surface area contributed by atoms with Gasteiger partial charge in [0.1, 0.15) is 30.5 Å². The number of aldehydes is 1. The minimum absolute atomic E-state index is 0.0742. The number of carbonyl (C=O) groups is 12. The molecule has 2 aromatic rings. The van der Waals surface area contributed by atoms with Gasteiger partial charge in [-0.15, -0.1) is 0 Å². The number of para-hydroxylation sites is 1. The lowest BCUT2D eigenvalue weighted by molar-refractivity contribution is -0.139. The molecule has 0 spiro atoms. The van der Waals surface area contributed by atoms with E-state index in [0.717, 1.165) is 11.1 Å². The van der Waals surface area contributed by atoms with Crippen LogP contribution in [0.3, 0.4) is 0 Å². The molecule has 7 amide bonds. The van der Waals surface area contributed by atoms with Crippen molar-refractivity contribution in [3.63, 3.8) is 0 Å². The molecule has 0 saturated carbocycles. The maximum Gasteiger partial charge on any atom is 0.317 e. The smallest absolute Gasteiger partial charge is 0.317 e. The Labute approximate surface area is 431 Å². The molecule has 0 aromatic heterocycles. The summed E-state index contributed by atoms with van der Waals surface area (Å²) in [5.74, 6) is -10.3. The molecule has 26 nitrogen and oxygen atoms in total. The Morgan fingerprint density at radius 2 is 1.41 bits per heavy atom. The van der Waals surface area contributed by atoms with E-state index in [9.17, 15) is 72.9 Å². The topological polar surface area (TPSA) is 388 Å². The number of benzene rings is 2. The average Bonchev–Trinajstić information content (AvgIpc) is 3.70. The second-order valence-electron chi connectivity index (χ2n) is 18.2. The average molecular weight is 1050 g/mol. The fourth-order valence-corrected chi connectivity index (χ4v) is 8.40. The highest BCUT2D eigenvalue weighted by molar-refractivity contribution is 6.08. The Morgan fingerprint density at radius 3 is 2.05 bits per heavy atom. The Hall–Kier alpha value is -7.84. The van der Waals surface area contributed by atoms with Gasteiger partial charge in [-0.2, -0.15) is 0 Å². The minimum atomic E-state index is -1.35. The van der Waals surface area contributed by atoms with Crippen LogP contribution in [0.1, 0.15) is 68.2 Å². The van der Waals surface area contributed by atoms with Crippen molar-refractivity contribution in [2.45, 2.75) is 102 Å². The molecule has 2 aliphatic heterocycles. The van der Waals surface area contributed by atoms with Gasteiger partial charge in [0.05, 0.1) is 50.7 Å². The van der Waals surface area contributed by atoms with E-state index in [0.29, 0.717) is 68.7 Å². The number of nitrogens with zero attached hydrogens (tertiary/aromatic N) is 2. The molecule has 0 fully saturated rings. The highest BCUT2D eigenvalue weighted by atomic mass is 16.4. The minimum Gasteiger partial charge on any atom is -0.481 e. The number of aryl methyl sites for hydroxylation is 1. The van der Waals surface area contributed by atoms with Gasteiger partial charge in [0.15, 0.2) is 0 Å². The highest BCUT2D eigenvalue weighted by Gasteiger charge is 2.45. The van der Waals surface area contributed by atoms with E-state index in [1.54, 1.807) is 61.2 Å². The molecule has 4 rings (SSSR count). The molecule has 0 saturated heterocycles. The zero-order valence-corrected chi connectivity index (χ0v) is 41.7. The van der Waals surface area contributed by atoms with E-state index in [-0.39, 0.29) is 38.8 Å². The summed E-state index contributed by atoms with van der Waals surface area (Å²) in [5.41, 5.74) is 3.31. The molecule has 0 aliphatic carbocycles. The molecule has 0 bridgehead atoms. The van der Waals surface area contributed by atoms with Crippen LogP contribution in [0.2, 0.25) is 0 Å². The Morgan fingerprint density at radius 1 is 0.747 bits per heavy atom. The van der Waals surface area contributed by atoms with Crippen LogP contribution in [0.15, 0.2) is 42.5 Å². The van der Waals surface area contributed by atoms with Crippen LogP contribution >= 0.6 is 0 Å². The van der Waals surface area contributed by atoms with Crippen molar-refractivity contribution in [1.82, 2.24) is 47.4 Å². The quantitative estimate of drug-likeness (QED) is 0.0251. The van der Waals surface area contributed by atoms with Crippen LogP contribution in [0.25, 0.3) is 0 Å². The molecule has 12 N–H and O–H groups in total. The number of anilines is 1. The van der Waals surface area contributed by atoms with Crippen molar-refractivity contribution in [3.05, 3.63) is 64.7 Å². The van der Waals surface area contributed by atoms with Gasteiger partial charge >= 0.3 is 23.9 Å². The molecule has 6 atom stereocenters. The molecule has 408 valence electrons. The number of carboxylic acid groups (broad SMARTS) is 4. The van der Waals surface area contributed by atoms with Gasteiger partial charge in [-0.05, 0) is 47.4 Å². The SMILES string of the molecule is CC[C@H](C)[C@H](NC(=O)CNC(=O)CNC(=O)[C@H](CCC(=O)O)NC(=O)Cc1ccc(CNCCN(CCNCC(=O)O)CC(=O)O)cc1)C(=O)N[C@H]1CCc2cccc3c2N(C1=O)[C@H](C(=O)N[C@H](C=O)CC(=O)O)C3. The first-order valence-electron chi connectivity index (χ1n) is 24.4. The van der Waals surface area contributed by atoms with E-state index in [4.69, 9.17) is 5.11 Å². The van der Waals surface area contributed by atoms with Crippen LogP contribution in [0, 0.1) is 5.92 Å². The number of nitrogens with one attached hydrogen (secondary N) is 8. The summed E-state index contributed by atoms with van der Waals surface area (Å²) >= 11 is 0. The third kappa shape index (κ3) is 19.5. The summed E-state index contributed by atoms with van der Waals surface area (Å²) in [6.45, 7) is 3.53. The summed E-state index contributed by atoms with van der Waals surface area (Å²) in [4.78, 5) is 153. The molecular formula is C49H66N10O16. The zero-order valence-electron chi connectivity index (χ0n) is 41.7. The monoisotopic (exact) mass is 1050 g/mol. The van der Waals surface area contributed by atoms with Crippen LogP contribution in [0.5, 0.6) is 0 Å². The molecule has 2 heterocycles. The molecular weight excluding hydrogens is 985 g/mol. The van der Waals surface area contributed by atoms with Crippen LogP contribution in [0.4, 0.5) is 5.69 Å². The number of aliphatic carboxylic acids is 4. The first-order valence-corrected chi connectivity index (χ1v) is 24.4. The lowest BCUT2D eigenvalue weighted by Crippen LogP contribution is -2.59. The molecule has 0 radical (unpaired) electrons. The van der Waals surface area contributed by atoms with Crippen LogP contribution < -0.4 is 47.4 Å². The van der Waals surface area contributed by atoms with Gasteiger partial charge in [0, 0.05) is 45.6 Å². The summed E-state index contributed by atoms with van der Waals surface area (Å²) in [5, 5.41) is 57.2. The largest absolute Gasteiger partial charge is 0.481 e. The zero-order chi connectivity index (χ0) is 55.2. The number of carboxylic acids is 4. The van der Waals surface area contributed by atoms with Gasteiger partial charge in [-0.1, -0.05) is 62.7 Å².